The van der Waals surface area contributed by atoms with Crippen LogP contribution in [0.5, 0.6) is 0 Å². The number of aliphatic hydroxyl groups is 1. The van der Waals surface area contributed by atoms with Gasteiger partial charge in [-0.3, -0.25) is 4.79 Å². The molecule has 0 spiro atoms. The zero-order valence-electron chi connectivity index (χ0n) is 8.20. The number of aliphatic carboxylic acids is 1. The van der Waals surface area contributed by atoms with Crippen LogP contribution in [0.15, 0.2) is 0 Å². The Morgan fingerprint density at radius 2 is 2.00 bits per heavy atom. The molecule has 3 saturated carbocycles. The fourth-order valence-corrected chi connectivity index (χ4v) is 3.84. The highest BCUT2D eigenvalue weighted by Gasteiger charge is 2.70. The quantitative estimate of drug-likeness (QED) is 0.702. The normalized spacial score (nSPS) is 48.1. The van der Waals surface area contributed by atoms with Crippen molar-refractivity contribution in [3.8, 4) is 0 Å². The van der Waals surface area contributed by atoms with Crippen molar-refractivity contribution in [3.05, 3.63) is 0 Å². The Morgan fingerprint density at radius 3 is 2.36 bits per heavy atom. The second-order valence-corrected chi connectivity index (χ2v) is 5.39. The summed E-state index contributed by atoms with van der Waals surface area (Å²) in [7, 11) is 0. The highest BCUT2D eigenvalue weighted by atomic mass is 16.4. The second kappa shape index (κ2) is 2.32. The van der Waals surface area contributed by atoms with Crippen LogP contribution in [-0.2, 0) is 4.79 Å². The Kier molecular flexibility index (Phi) is 1.45. The van der Waals surface area contributed by atoms with E-state index >= 15 is 0 Å². The molecule has 2 N–H and O–H groups in total. The Hall–Kier alpha value is -0.570. The maximum Gasteiger partial charge on any atom is 0.312 e. The molecule has 0 heterocycles. The summed E-state index contributed by atoms with van der Waals surface area (Å²) in [6.07, 6.45) is 5.40. The third kappa shape index (κ3) is 0.800. The second-order valence-electron chi connectivity index (χ2n) is 5.39. The molecule has 2 bridgehead atoms. The summed E-state index contributed by atoms with van der Waals surface area (Å²) < 4.78 is 0. The van der Waals surface area contributed by atoms with Gasteiger partial charge in [0.1, 0.15) is 0 Å². The van der Waals surface area contributed by atoms with Crippen molar-refractivity contribution < 1.29 is 15.0 Å². The largest absolute Gasteiger partial charge is 0.481 e. The summed E-state index contributed by atoms with van der Waals surface area (Å²) in [6.45, 7) is 0. The molecule has 3 unspecified atom stereocenters. The summed E-state index contributed by atoms with van der Waals surface area (Å²) in [5.41, 5.74) is -1.62. The number of hydrogen-bond acceptors (Lipinski definition) is 2. The zero-order chi connectivity index (χ0) is 9.97. The Morgan fingerprint density at radius 1 is 1.29 bits per heavy atom. The summed E-state index contributed by atoms with van der Waals surface area (Å²) in [4.78, 5) is 11.2. The van der Waals surface area contributed by atoms with Crippen LogP contribution in [0.4, 0.5) is 0 Å². The third-order valence-corrected chi connectivity index (χ3v) is 4.80. The molecule has 0 aromatic carbocycles. The number of hydrogen-bond donors (Lipinski definition) is 2. The smallest absolute Gasteiger partial charge is 0.312 e. The van der Waals surface area contributed by atoms with Gasteiger partial charge in [-0.25, -0.2) is 0 Å². The van der Waals surface area contributed by atoms with Crippen LogP contribution in [0.1, 0.15) is 38.5 Å². The average Bonchev–Trinajstić information content (AvgIpc) is 2.75. The molecule has 3 aliphatic carbocycles. The molecule has 3 rings (SSSR count). The average molecular weight is 196 g/mol. The number of fused-ring (bicyclic) bond motifs is 2. The van der Waals surface area contributed by atoms with Crippen LogP contribution in [0, 0.1) is 17.3 Å². The minimum atomic E-state index is -0.859. The number of carboxylic acids is 1. The van der Waals surface area contributed by atoms with Crippen LogP contribution in [-0.4, -0.2) is 21.8 Å². The Bertz CT molecular complexity index is 295. The Labute approximate surface area is 83.1 Å². The molecule has 3 heteroatoms. The van der Waals surface area contributed by atoms with E-state index in [1.54, 1.807) is 0 Å². The van der Waals surface area contributed by atoms with E-state index in [1.165, 1.54) is 6.42 Å². The first-order valence-electron chi connectivity index (χ1n) is 5.54. The first kappa shape index (κ1) is 8.72. The maximum absolute atomic E-state index is 11.2. The van der Waals surface area contributed by atoms with E-state index in [0.29, 0.717) is 18.8 Å². The fraction of sp³-hybridized carbons (Fsp3) is 0.909. The van der Waals surface area contributed by atoms with E-state index in [9.17, 15) is 15.0 Å². The van der Waals surface area contributed by atoms with Gasteiger partial charge in [-0.15, -0.1) is 0 Å². The minimum absolute atomic E-state index is 0.270. The van der Waals surface area contributed by atoms with Crippen LogP contribution in [0.2, 0.25) is 0 Å². The fourth-order valence-electron chi connectivity index (χ4n) is 3.84. The standard InChI is InChI=1S/C11H16O3/c12-9(13)10(3-4-10)11(14)6-7-1-2-8(11)5-7/h7-8,14H,1-6H2,(H,12,13). The molecule has 0 aromatic heterocycles. The Balaban J connectivity index is 1.94. The lowest BCUT2D eigenvalue weighted by molar-refractivity contribution is -0.161. The lowest BCUT2D eigenvalue weighted by Crippen LogP contribution is -2.48. The monoisotopic (exact) mass is 196 g/mol. The van der Waals surface area contributed by atoms with E-state index in [1.807, 2.05) is 0 Å². The van der Waals surface area contributed by atoms with Crippen molar-refractivity contribution in [2.24, 2.45) is 17.3 Å². The topological polar surface area (TPSA) is 57.5 Å². The summed E-state index contributed by atoms with van der Waals surface area (Å²) in [5, 5.41) is 19.8. The van der Waals surface area contributed by atoms with Crippen molar-refractivity contribution >= 4 is 5.97 Å². The van der Waals surface area contributed by atoms with E-state index in [4.69, 9.17) is 0 Å². The molecule has 0 aliphatic heterocycles. The van der Waals surface area contributed by atoms with Gasteiger partial charge >= 0.3 is 5.97 Å². The van der Waals surface area contributed by atoms with Crippen molar-refractivity contribution in [2.75, 3.05) is 0 Å². The minimum Gasteiger partial charge on any atom is -0.481 e. The van der Waals surface area contributed by atoms with E-state index < -0.39 is 17.0 Å². The van der Waals surface area contributed by atoms with Gasteiger partial charge in [0.15, 0.2) is 0 Å². The van der Waals surface area contributed by atoms with Gasteiger partial charge in [-0.05, 0) is 50.4 Å². The molecule has 3 fully saturated rings. The van der Waals surface area contributed by atoms with Gasteiger partial charge in [-0.1, -0.05) is 0 Å². The molecule has 3 atom stereocenters. The summed E-state index contributed by atoms with van der Waals surface area (Å²) in [6, 6.07) is 0. The molecule has 78 valence electrons. The van der Waals surface area contributed by atoms with Gasteiger partial charge in [-0.2, -0.15) is 0 Å². The van der Waals surface area contributed by atoms with E-state index in [-0.39, 0.29) is 5.92 Å². The molecule has 3 aliphatic rings. The van der Waals surface area contributed by atoms with Crippen LogP contribution in [0.25, 0.3) is 0 Å². The summed E-state index contributed by atoms with van der Waals surface area (Å²) in [5.74, 6) is 0.0977. The number of carbonyl (C=O) groups is 1. The molecule has 0 amide bonds. The van der Waals surface area contributed by atoms with Crippen molar-refractivity contribution in [1.82, 2.24) is 0 Å². The maximum atomic E-state index is 11.2. The van der Waals surface area contributed by atoms with Gasteiger partial charge < -0.3 is 10.2 Å². The van der Waals surface area contributed by atoms with E-state index in [2.05, 4.69) is 0 Å². The number of rotatable bonds is 2. The zero-order valence-corrected chi connectivity index (χ0v) is 8.20. The molecular weight excluding hydrogens is 180 g/mol. The molecule has 3 nitrogen and oxygen atoms in total. The molecule has 14 heavy (non-hydrogen) atoms. The highest BCUT2D eigenvalue weighted by Crippen LogP contribution is 2.66. The summed E-state index contributed by atoms with van der Waals surface area (Å²) >= 11 is 0. The van der Waals surface area contributed by atoms with Gasteiger partial charge in [0.2, 0.25) is 0 Å². The molecular formula is C11H16O3. The SMILES string of the molecule is O=C(O)C1(C2(O)CC3CCC2C3)CC1. The lowest BCUT2D eigenvalue weighted by Gasteiger charge is -2.37. The van der Waals surface area contributed by atoms with E-state index in [0.717, 1.165) is 19.3 Å². The van der Waals surface area contributed by atoms with Crippen molar-refractivity contribution in [3.63, 3.8) is 0 Å². The molecule has 0 aromatic rings. The highest BCUT2D eigenvalue weighted by molar-refractivity contribution is 5.80. The van der Waals surface area contributed by atoms with Crippen LogP contribution >= 0.6 is 0 Å². The van der Waals surface area contributed by atoms with Crippen molar-refractivity contribution in [1.29, 1.82) is 0 Å². The molecule has 0 radical (unpaired) electrons. The van der Waals surface area contributed by atoms with Crippen LogP contribution in [0.3, 0.4) is 0 Å². The third-order valence-electron chi connectivity index (χ3n) is 4.80. The lowest BCUT2D eigenvalue weighted by atomic mass is 9.72. The number of carboxylic acid groups (broad SMARTS) is 1. The predicted molar refractivity (Wildman–Crippen MR) is 49.7 cm³/mol. The van der Waals surface area contributed by atoms with Gasteiger partial charge in [0.05, 0.1) is 11.0 Å². The van der Waals surface area contributed by atoms with Crippen LogP contribution < -0.4 is 0 Å². The predicted octanol–water partition coefficient (Wildman–Crippen LogP) is 1.40. The first-order chi connectivity index (χ1) is 6.58. The van der Waals surface area contributed by atoms with Crippen molar-refractivity contribution in [2.45, 2.75) is 44.1 Å². The first-order valence-corrected chi connectivity index (χ1v) is 5.54. The van der Waals surface area contributed by atoms with Gasteiger partial charge in [0, 0.05) is 0 Å². The molecule has 0 saturated heterocycles. The van der Waals surface area contributed by atoms with Gasteiger partial charge in [0.25, 0.3) is 0 Å².